The van der Waals surface area contributed by atoms with Crippen LogP contribution in [0.4, 0.5) is 10.5 Å². The molecule has 0 radical (unpaired) electrons. The molecule has 40 heavy (non-hydrogen) atoms. The number of imide groups is 1. The number of amides is 2. The van der Waals surface area contributed by atoms with E-state index in [0.29, 0.717) is 16.5 Å². The molecule has 0 aliphatic carbocycles. The maximum Gasteiger partial charge on any atom is 0.290 e. The fourth-order valence-electron chi connectivity index (χ4n) is 4.86. The van der Waals surface area contributed by atoms with Gasteiger partial charge in [0.1, 0.15) is 5.75 Å². The number of phenols is 1. The van der Waals surface area contributed by atoms with Crippen LogP contribution in [-0.4, -0.2) is 16.3 Å². The molecular formula is C33H29ClN2O3S. The van der Waals surface area contributed by atoms with Gasteiger partial charge in [-0.05, 0) is 94.9 Å². The van der Waals surface area contributed by atoms with E-state index in [4.69, 9.17) is 11.6 Å². The van der Waals surface area contributed by atoms with Gasteiger partial charge in [-0.15, -0.1) is 0 Å². The lowest BCUT2D eigenvalue weighted by Crippen LogP contribution is -2.23. The summed E-state index contributed by atoms with van der Waals surface area (Å²) in [6.45, 7) is 6.82. The lowest BCUT2D eigenvalue weighted by Gasteiger charge is -2.32. The van der Waals surface area contributed by atoms with Crippen LogP contribution in [0.5, 0.6) is 5.75 Å². The van der Waals surface area contributed by atoms with Gasteiger partial charge < -0.3 is 10.0 Å². The number of rotatable bonds is 7. The zero-order valence-electron chi connectivity index (χ0n) is 22.5. The molecule has 202 valence electrons. The van der Waals surface area contributed by atoms with E-state index >= 15 is 0 Å². The highest BCUT2D eigenvalue weighted by molar-refractivity contribution is 8.18. The van der Waals surface area contributed by atoms with Gasteiger partial charge in [-0.2, -0.15) is 0 Å². The van der Waals surface area contributed by atoms with Crippen LogP contribution in [0.25, 0.3) is 22.5 Å². The fraction of sp³-hybridized carbons (Fsp3) is 0.152. The molecule has 2 amide bonds. The Morgan fingerprint density at radius 3 is 2.40 bits per heavy atom. The molecular weight excluding hydrogens is 540 g/mol. The first kappa shape index (κ1) is 27.6. The van der Waals surface area contributed by atoms with Gasteiger partial charge in [0.25, 0.3) is 11.1 Å². The standard InChI is InChI=1S/C33H29ClN2O3S/c1-4-20(2)31(25-13-9-22(10-14-25)17-30-32(38)35-33(39)40-30)36(28-18-27(34)29(37)15-21(28)3)19-23-11-12-24-7-5-6-8-26(24)16-23/h5-18,37H,4,19H2,1-3H3,(H,35,38,39)/b30-17-,31-20?. The predicted octanol–water partition coefficient (Wildman–Crippen LogP) is 8.68. The van der Waals surface area contributed by atoms with E-state index in [-0.39, 0.29) is 16.9 Å². The number of hydrogen-bond acceptors (Lipinski definition) is 5. The Morgan fingerprint density at radius 1 is 1.00 bits per heavy atom. The van der Waals surface area contributed by atoms with E-state index < -0.39 is 0 Å². The van der Waals surface area contributed by atoms with Crippen molar-refractivity contribution in [2.75, 3.05) is 4.90 Å². The molecule has 1 aliphatic rings. The molecule has 0 unspecified atom stereocenters. The average Bonchev–Trinajstić information content (AvgIpc) is 3.26. The lowest BCUT2D eigenvalue weighted by atomic mass is 9.99. The van der Waals surface area contributed by atoms with Gasteiger partial charge >= 0.3 is 0 Å². The third kappa shape index (κ3) is 5.79. The molecule has 5 nitrogen and oxygen atoms in total. The molecule has 4 aromatic rings. The van der Waals surface area contributed by atoms with Gasteiger partial charge in [0, 0.05) is 17.9 Å². The number of hydrogen-bond donors (Lipinski definition) is 2. The maximum absolute atomic E-state index is 12.0. The Kier molecular flexibility index (Phi) is 8.01. The molecule has 7 heteroatoms. The lowest BCUT2D eigenvalue weighted by molar-refractivity contribution is -0.115. The van der Waals surface area contributed by atoms with Crippen LogP contribution in [0.3, 0.4) is 0 Å². The molecule has 5 rings (SSSR count). The summed E-state index contributed by atoms with van der Waals surface area (Å²) in [6, 6.07) is 26.3. The second-order valence-electron chi connectivity index (χ2n) is 9.81. The summed E-state index contributed by atoms with van der Waals surface area (Å²) in [4.78, 5) is 26.2. The molecule has 0 aromatic heterocycles. The first-order chi connectivity index (χ1) is 19.2. The minimum absolute atomic E-state index is 0.0519. The van der Waals surface area contributed by atoms with Crippen molar-refractivity contribution in [3.05, 3.63) is 117 Å². The summed E-state index contributed by atoms with van der Waals surface area (Å²) in [7, 11) is 0. The number of carbonyl (C=O) groups excluding carboxylic acids is 2. The van der Waals surface area contributed by atoms with Crippen molar-refractivity contribution in [1.82, 2.24) is 5.32 Å². The summed E-state index contributed by atoms with van der Waals surface area (Å²) in [5.74, 6) is -0.321. The average molecular weight is 569 g/mol. The number of carbonyl (C=O) groups is 2. The number of phenolic OH excluding ortho intramolecular Hbond substituents is 1. The van der Waals surface area contributed by atoms with Gasteiger partial charge in [-0.3, -0.25) is 14.9 Å². The minimum Gasteiger partial charge on any atom is -0.506 e. The van der Waals surface area contributed by atoms with E-state index in [9.17, 15) is 14.7 Å². The van der Waals surface area contributed by atoms with E-state index in [1.165, 1.54) is 16.3 Å². The smallest absolute Gasteiger partial charge is 0.290 e. The van der Waals surface area contributed by atoms with Crippen molar-refractivity contribution in [1.29, 1.82) is 0 Å². The van der Waals surface area contributed by atoms with Gasteiger partial charge in [0.2, 0.25) is 0 Å². The Hall–Kier alpha value is -4.00. The molecule has 1 heterocycles. The van der Waals surface area contributed by atoms with Gasteiger partial charge in [0.05, 0.1) is 9.93 Å². The molecule has 2 N–H and O–H groups in total. The second kappa shape index (κ2) is 11.6. The number of aromatic hydroxyl groups is 1. The summed E-state index contributed by atoms with van der Waals surface area (Å²) in [6.07, 6.45) is 2.56. The number of anilines is 1. The highest BCUT2D eigenvalue weighted by Crippen LogP contribution is 2.39. The number of aryl methyl sites for hydroxylation is 1. The van der Waals surface area contributed by atoms with Crippen molar-refractivity contribution < 1.29 is 14.7 Å². The number of allylic oxidation sites excluding steroid dienone is 1. The van der Waals surface area contributed by atoms with Gasteiger partial charge in [0.15, 0.2) is 0 Å². The summed E-state index contributed by atoms with van der Waals surface area (Å²) < 4.78 is 0. The normalized spacial score (nSPS) is 14.9. The quantitative estimate of drug-likeness (QED) is 0.218. The molecule has 0 spiro atoms. The summed E-state index contributed by atoms with van der Waals surface area (Å²) in [5, 5.41) is 14.9. The van der Waals surface area contributed by atoms with Crippen LogP contribution >= 0.6 is 23.4 Å². The van der Waals surface area contributed by atoms with Crippen LogP contribution < -0.4 is 10.2 Å². The number of nitrogens with one attached hydrogen (secondary N) is 1. The Morgan fingerprint density at radius 2 is 1.73 bits per heavy atom. The number of fused-ring (bicyclic) bond motifs is 1. The van der Waals surface area contributed by atoms with Crippen LogP contribution in [0.1, 0.15) is 42.5 Å². The second-order valence-corrected chi connectivity index (χ2v) is 11.2. The highest BCUT2D eigenvalue weighted by atomic mass is 35.5. The van der Waals surface area contributed by atoms with E-state index in [1.807, 2.05) is 49.4 Å². The van der Waals surface area contributed by atoms with Crippen molar-refractivity contribution in [2.45, 2.75) is 33.7 Å². The number of thioether (sulfide) groups is 1. The summed E-state index contributed by atoms with van der Waals surface area (Å²) >= 11 is 7.35. The van der Waals surface area contributed by atoms with Gasteiger partial charge in [-0.1, -0.05) is 79.2 Å². The maximum atomic E-state index is 12.0. The zero-order valence-corrected chi connectivity index (χ0v) is 24.1. The van der Waals surface area contributed by atoms with Gasteiger partial charge in [-0.25, -0.2) is 0 Å². The predicted molar refractivity (Wildman–Crippen MR) is 166 cm³/mol. The SMILES string of the molecule is CCC(C)=C(c1ccc(/C=C2\SC(=O)NC2=O)cc1)N(Cc1ccc2ccccc2c1)c1cc(Cl)c(O)cc1C. The number of benzene rings is 4. The number of nitrogens with zero attached hydrogens (tertiary/aromatic N) is 1. The third-order valence-corrected chi connectivity index (χ3v) is 8.15. The van der Waals surface area contributed by atoms with E-state index in [2.05, 4.69) is 54.4 Å². The van der Waals surface area contributed by atoms with Crippen molar-refractivity contribution in [2.24, 2.45) is 0 Å². The molecule has 0 atom stereocenters. The largest absolute Gasteiger partial charge is 0.506 e. The molecule has 1 saturated heterocycles. The Bertz CT molecular complexity index is 1690. The zero-order chi connectivity index (χ0) is 28.4. The van der Waals surface area contributed by atoms with Crippen LogP contribution in [-0.2, 0) is 11.3 Å². The van der Waals surface area contributed by atoms with Crippen molar-refractivity contribution >= 4 is 62.7 Å². The molecule has 4 aromatic carbocycles. The Labute approximate surface area is 243 Å². The third-order valence-electron chi connectivity index (χ3n) is 7.04. The highest BCUT2D eigenvalue weighted by Gasteiger charge is 2.25. The van der Waals surface area contributed by atoms with E-state index in [1.54, 1.807) is 12.1 Å². The molecule has 0 bridgehead atoms. The summed E-state index contributed by atoms with van der Waals surface area (Å²) in [5.41, 5.74) is 7.01. The minimum atomic E-state index is -0.372. The Balaban J connectivity index is 1.60. The monoisotopic (exact) mass is 568 g/mol. The first-order valence-corrected chi connectivity index (χ1v) is 14.2. The van der Waals surface area contributed by atoms with Crippen LogP contribution in [0.2, 0.25) is 5.02 Å². The first-order valence-electron chi connectivity index (χ1n) is 13.0. The topological polar surface area (TPSA) is 69.6 Å². The van der Waals surface area contributed by atoms with Crippen molar-refractivity contribution in [3.8, 4) is 5.75 Å². The van der Waals surface area contributed by atoms with Crippen molar-refractivity contribution in [3.63, 3.8) is 0 Å². The van der Waals surface area contributed by atoms with Crippen LogP contribution in [0, 0.1) is 6.92 Å². The number of halogens is 1. The van der Waals surface area contributed by atoms with E-state index in [0.717, 1.165) is 51.8 Å². The molecule has 1 aliphatic heterocycles. The van der Waals surface area contributed by atoms with Crippen LogP contribution in [0.15, 0.2) is 89.3 Å². The molecule has 1 fully saturated rings. The fourth-order valence-corrected chi connectivity index (χ4v) is 5.70. The molecule has 0 saturated carbocycles.